The summed E-state index contributed by atoms with van der Waals surface area (Å²) in [5, 5.41) is 5.00. The van der Waals surface area contributed by atoms with Crippen LogP contribution in [-0.2, 0) is 4.74 Å². The molecule has 0 aliphatic carbocycles. The van der Waals surface area contributed by atoms with Gasteiger partial charge in [-0.2, -0.15) is 9.78 Å². The van der Waals surface area contributed by atoms with E-state index in [4.69, 9.17) is 21.1 Å². The zero-order valence-corrected chi connectivity index (χ0v) is 16.1. The quantitative estimate of drug-likeness (QED) is 0.496. The van der Waals surface area contributed by atoms with Crippen LogP contribution in [0, 0.1) is 0 Å². The monoisotopic (exact) mass is 387 g/mol. The molecule has 3 aromatic rings. The number of benzene rings is 1. The molecule has 0 bridgehead atoms. The number of fused-ring (bicyclic) bond motifs is 1. The zero-order valence-electron chi connectivity index (χ0n) is 15.3. The van der Waals surface area contributed by atoms with Crippen molar-refractivity contribution >= 4 is 34.4 Å². The maximum Gasteiger partial charge on any atom is 0.435 e. The van der Waals surface area contributed by atoms with Crippen molar-refractivity contribution in [3.05, 3.63) is 52.9 Å². The second kappa shape index (κ2) is 7.00. The molecule has 140 valence electrons. The van der Waals surface area contributed by atoms with Crippen LogP contribution < -0.4 is 4.74 Å². The highest BCUT2D eigenvalue weighted by molar-refractivity contribution is 6.29. The topological polar surface area (TPSA) is 83.3 Å². The lowest BCUT2D eigenvalue weighted by Crippen LogP contribution is -2.27. The van der Waals surface area contributed by atoms with Gasteiger partial charge < -0.3 is 9.47 Å². The third-order valence-electron chi connectivity index (χ3n) is 3.66. The van der Waals surface area contributed by atoms with Gasteiger partial charge in [-0.3, -0.25) is 4.79 Å². The van der Waals surface area contributed by atoms with Gasteiger partial charge in [0.15, 0.2) is 0 Å². The molecule has 0 amide bonds. The van der Waals surface area contributed by atoms with Gasteiger partial charge in [0.1, 0.15) is 22.2 Å². The molecule has 0 fully saturated rings. The Balaban J connectivity index is 2.14. The van der Waals surface area contributed by atoms with Crippen LogP contribution in [0.3, 0.4) is 0 Å². The van der Waals surface area contributed by atoms with E-state index in [0.717, 1.165) is 4.68 Å². The first-order valence-corrected chi connectivity index (χ1v) is 8.54. The number of nitrogens with zero attached hydrogens (tertiary/aromatic N) is 3. The van der Waals surface area contributed by atoms with E-state index >= 15 is 0 Å². The van der Waals surface area contributed by atoms with E-state index in [1.807, 2.05) is 0 Å². The molecular formula is C19H18ClN3O4. The third kappa shape index (κ3) is 3.93. The molecule has 8 heteroatoms. The fraction of sp³-hybridized carbons (Fsp3) is 0.263. The van der Waals surface area contributed by atoms with E-state index in [1.54, 1.807) is 45.0 Å². The molecule has 1 aromatic carbocycles. The van der Waals surface area contributed by atoms with Crippen molar-refractivity contribution < 1.29 is 19.1 Å². The van der Waals surface area contributed by atoms with Crippen LogP contribution in [0.25, 0.3) is 10.9 Å². The molecule has 0 spiro atoms. The predicted molar refractivity (Wildman–Crippen MR) is 101 cm³/mol. The number of ether oxygens (including phenoxy) is 2. The molecule has 0 aliphatic heterocycles. The van der Waals surface area contributed by atoms with Crippen LogP contribution >= 0.6 is 11.6 Å². The predicted octanol–water partition coefficient (Wildman–Crippen LogP) is 4.11. The number of pyridine rings is 1. The number of ketones is 1. The first kappa shape index (κ1) is 18.8. The van der Waals surface area contributed by atoms with Crippen molar-refractivity contribution in [2.75, 3.05) is 7.11 Å². The van der Waals surface area contributed by atoms with Crippen LogP contribution in [0.5, 0.6) is 5.75 Å². The molecule has 2 heterocycles. The van der Waals surface area contributed by atoms with Gasteiger partial charge in [-0.1, -0.05) is 11.6 Å². The van der Waals surface area contributed by atoms with E-state index in [9.17, 15) is 9.59 Å². The van der Waals surface area contributed by atoms with Crippen molar-refractivity contribution in [2.45, 2.75) is 26.4 Å². The van der Waals surface area contributed by atoms with Gasteiger partial charge in [0.05, 0.1) is 12.6 Å². The summed E-state index contributed by atoms with van der Waals surface area (Å²) in [6.07, 6.45) is 0.681. The van der Waals surface area contributed by atoms with Crippen molar-refractivity contribution in [1.82, 2.24) is 14.8 Å². The molecule has 27 heavy (non-hydrogen) atoms. The highest BCUT2D eigenvalue weighted by atomic mass is 35.5. The molecule has 0 saturated heterocycles. The molecular weight excluding hydrogens is 370 g/mol. The van der Waals surface area contributed by atoms with Gasteiger partial charge >= 0.3 is 6.09 Å². The molecule has 0 saturated carbocycles. The smallest absolute Gasteiger partial charge is 0.435 e. The largest absolute Gasteiger partial charge is 0.497 e. The van der Waals surface area contributed by atoms with Gasteiger partial charge in [-0.15, -0.1) is 0 Å². The van der Waals surface area contributed by atoms with Crippen molar-refractivity contribution in [3.8, 4) is 5.75 Å². The first-order valence-electron chi connectivity index (χ1n) is 8.16. The molecule has 2 aromatic heterocycles. The minimum absolute atomic E-state index is 0.114. The van der Waals surface area contributed by atoms with Crippen molar-refractivity contribution in [3.63, 3.8) is 0 Å². The number of hydrogen-bond donors (Lipinski definition) is 0. The van der Waals surface area contributed by atoms with Crippen LogP contribution in [0.15, 0.2) is 36.5 Å². The summed E-state index contributed by atoms with van der Waals surface area (Å²) < 4.78 is 11.7. The molecule has 3 rings (SSSR count). The van der Waals surface area contributed by atoms with Crippen LogP contribution in [0.4, 0.5) is 4.79 Å². The Morgan fingerprint density at radius 2 is 1.89 bits per heavy atom. The average molecular weight is 388 g/mol. The second-order valence-corrected chi connectivity index (χ2v) is 7.21. The molecule has 0 N–H and O–H groups in total. The number of carbonyl (C=O) groups is 2. The molecule has 0 unspecified atom stereocenters. The van der Waals surface area contributed by atoms with Crippen LogP contribution in [-0.4, -0.2) is 39.4 Å². The van der Waals surface area contributed by atoms with Crippen molar-refractivity contribution in [2.24, 2.45) is 0 Å². The maximum atomic E-state index is 12.9. The summed E-state index contributed by atoms with van der Waals surface area (Å²) in [6.45, 7) is 5.26. The molecule has 0 radical (unpaired) electrons. The summed E-state index contributed by atoms with van der Waals surface area (Å²) in [5.41, 5.74) is 0.126. The maximum absolute atomic E-state index is 12.9. The van der Waals surface area contributed by atoms with E-state index in [0.29, 0.717) is 22.2 Å². The van der Waals surface area contributed by atoms with E-state index in [-0.39, 0.29) is 16.6 Å². The summed E-state index contributed by atoms with van der Waals surface area (Å²) in [7, 11) is 1.51. The van der Waals surface area contributed by atoms with E-state index in [1.165, 1.54) is 19.4 Å². The normalized spacial score (nSPS) is 11.4. The lowest BCUT2D eigenvalue weighted by Gasteiger charge is -2.19. The number of aromatic nitrogens is 3. The fourth-order valence-corrected chi connectivity index (χ4v) is 2.59. The standard InChI is InChI=1S/C19H18ClN3O4/c1-19(2,3)27-18(25)23-14-9-12(26-4)6-7-13(14)16(22-23)17(24)11-5-8-15(20)21-10-11/h5-10H,1-4H3. The zero-order chi connectivity index (χ0) is 19.8. The number of carbonyl (C=O) groups excluding carboxylic acids is 2. The fourth-order valence-electron chi connectivity index (χ4n) is 2.48. The Labute approximate surface area is 160 Å². The van der Waals surface area contributed by atoms with Crippen LogP contribution in [0.2, 0.25) is 5.15 Å². The van der Waals surface area contributed by atoms with E-state index in [2.05, 4.69) is 10.1 Å². The first-order chi connectivity index (χ1) is 12.7. The minimum atomic E-state index is -0.710. The Morgan fingerprint density at radius 1 is 1.15 bits per heavy atom. The Kier molecular flexibility index (Phi) is 4.89. The second-order valence-electron chi connectivity index (χ2n) is 6.82. The summed E-state index contributed by atoms with van der Waals surface area (Å²) in [5.74, 6) is 0.149. The number of methoxy groups -OCH3 is 1. The Hall–Kier alpha value is -2.93. The minimum Gasteiger partial charge on any atom is -0.497 e. The molecule has 0 atom stereocenters. The lowest BCUT2D eigenvalue weighted by molar-refractivity contribution is 0.0522. The van der Waals surface area contributed by atoms with Gasteiger partial charge in [-0.05, 0) is 45.0 Å². The van der Waals surface area contributed by atoms with Gasteiger partial charge in [-0.25, -0.2) is 9.78 Å². The summed E-state index contributed by atoms with van der Waals surface area (Å²) in [6, 6.07) is 8.08. The van der Waals surface area contributed by atoms with Crippen LogP contribution in [0.1, 0.15) is 36.8 Å². The number of halogens is 1. The Bertz CT molecular complexity index is 1020. The molecule has 7 nitrogen and oxygen atoms in total. The molecule has 0 aliphatic rings. The number of hydrogen-bond acceptors (Lipinski definition) is 6. The SMILES string of the molecule is COc1ccc2c(C(=O)c3ccc(Cl)nc3)nn(C(=O)OC(C)(C)C)c2c1. The van der Waals surface area contributed by atoms with Gasteiger partial charge in [0, 0.05) is 23.2 Å². The lowest BCUT2D eigenvalue weighted by atomic mass is 10.1. The number of rotatable bonds is 3. The highest BCUT2D eigenvalue weighted by Gasteiger charge is 2.25. The van der Waals surface area contributed by atoms with Crippen molar-refractivity contribution in [1.29, 1.82) is 0 Å². The average Bonchev–Trinajstić information content (AvgIpc) is 2.99. The summed E-state index contributed by atoms with van der Waals surface area (Å²) in [4.78, 5) is 29.4. The summed E-state index contributed by atoms with van der Waals surface area (Å²) >= 11 is 5.78. The van der Waals surface area contributed by atoms with Gasteiger partial charge in [0.25, 0.3) is 0 Å². The third-order valence-corrected chi connectivity index (χ3v) is 3.88. The Morgan fingerprint density at radius 3 is 2.48 bits per heavy atom. The van der Waals surface area contributed by atoms with E-state index < -0.39 is 11.7 Å². The highest BCUT2D eigenvalue weighted by Crippen LogP contribution is 2.26. The van der Waals surface area contributed by atoms with Gasteiger partial charge in [0.2, 0.25) is 5.78 Å².